The van der Waals surface area contributed by atoms with Gasteiger partial charge in [-0.25, -0.2) is 0 Å². The van der Waals surface area contributed by atoms with E-state index in [0.29, 0.717) is 12.1 Å². The minimum atomic E-state index is -0.0156. The van der Waals surface area contributed by atoms with Crippen LogP contribution in [0.25, 0.3) is 0 Å². The monoisotopic (exact) mass is 241 g/mol. The summed E-state index contributed by atoms with van der Waals surface area (Å²) >= 11 is 0. The van der Waals surface area contributed by atoms with Gasteiger partial charge in [-0.3, -0.25) is 0 Å². The summed E-state index contributed by atoms with van der Waals surface area (Å²) in [5.74, 6) is 1.75. The quantitative estimate of drug-likeness (QED) is 0.794. The topological polar surface area (TPSA) is 21.3 Å². The van der Waals surface area contributed by atoms with Gasteiger partial charge in [0.05, 0.1) is 5.60 Å². The van der Waals surface area contributed by atoms with Crippen molar-refractivity contribution in [2.75, 3.05) is 7.11 Å². The van der Waals surface area contributed by atoms with Crippen LogP contribution in [-0.2, 0) is 4.74 Å². The van der Waals surface area contributed by atoms with Crippen LogP contribution < -0.4 is 5.32 Å². The number of hydrogen-bond donors (Lipinski definition) is 1. The minimum absolute atomic E-state index is 0.0156. The molecule has 3 unspecified atom stereocenters. The normalized spacial score (nSPS) is 32.5. The lowest BCUT2D eigenvalue weighted by Gasteiger charge is -2.35. The van der Waals surface area contributed by atoms with E-state index in [1.807, 2.05) is 0 Å². The highest BCUT2D eigenvalue weighted by molar-refractivity contribution is 4.83. The van der Waals surface area contributed by atoms with E-state index in [1.54, 1.807) is 7.11 Å². The van der Waals surface area contributed by atoms with Crippen LogP contribution in [0.15, 0.2) is 0 Å². The van der Waals surface area contributed by atoms with E-state index in [1.165, 1.54) is 19.3 Å². The molecule has 0 aromatic carbocycles. The lowest BCUT2D eigenvalue weighted by atomic mass is 9.80. The minimum Gasteiger partial charge on any atom is -0.379 e. The van der Waals surface area contributed by atoms with Gasteiger partial charge in [0.1, 0.15) is 0 Å². The molecule has 0 aromatic heterocycles. The Morgan fingerprint density at radius 3 is 2.18 bits per heavy atom. The molecule has 17 heavy (non-hydrogen) atoms. The molecule has 1 rings (SSSR count). The Labute approximate surface area is 108 Å². The second-order valence-electron chi connectivity index (χ2n) is 6.85. The molecule has 0 spiro atoms. The number of ether oxygens (including phenoxy) is 1. The summed E-state index contributed by atoms with van der Waals surface area (Å²) in [6.07, 6.45) is 5.14. The van der Waals surface area contributed by atoms with E-state index in [0.717, 1.165) is 18.3 Å². The summed E-state index contributed by atoms with van der Waals surface area (Å²) < 4.78 is 5.50. The third kappa shape index (κ3) is 5.39. The van der Waals surface area contributed by atoms with Crippen LogP contribution in [0, 0.1) is 11.8 Å². The lowest BCUT2D eigenvalue weighted by molar-refractivity contribution is 0.00677. The zero-order valence-electron chi connectivity index (χ0n) is 12.5. The van der Waals surface area contributed by atoms with E-state index in [2.05, 4.69) is 39.9 Å². The Hall–Kier alpha value is -0.0800. The molecule has 0 aromatic rings. The summed E-state index contributed by atoms with van der Waals surface area (Å²) in [7, 11) is 1.80. The van der Waals surface area contributed by atoms with Crippen LogP contribution in [0.2, 0.25) is 0 Å². The fourth-order valence-electron chi connectivity index (χ4n) is 3.37. The van der Waals surface area contributed by atoms with Gasteiger partial charge in [0, 0.05) is 19.2 Å². The van der Waals surface area contributed by atoms with E-state index in [9.17, 15) is 0 Å². The highest BCUT2D eigenvalue weighted by Crippen LogP contribution is 2.29. The number of methoxy groups -OCH3 is 1. The van der Waals surface area contributed by atoms with Gasteiger partial charge in [-0.05, 0) is 58.3 Å². The van der Waals surface area contributed by atoms with Crippen molar-refractivity contribution in [3.8, 4) is 0 Å². The van der Waals surface area contributed by atoms with Gasteiger partial charge in [-0.15, -0.1) is 0 Å². The molecule has 2 heteroatoms. The largest absolute Gasteiger partial charge is 0.379 e. The number of hydrogen-bond acceptors (Lipinski definition) is 2. The van der Waals surface area contributed by atoms with Crippen molar-refractivity contribution >= 4 is 0 Å². The molecule has 0 saturated heterocycles. The summed E-state index contributed by atoms with van der Waals surface area (Å²) in [6.45, 7) is 11.4. The Morgan fingerprint density at radius 2 is 1.71 bits per heavy atom. The van der Waals surface area contributed by atoms with Crippen molar-refractivity contribution in [2.24, 2.45) is 11.8 Å². The van der Waals surface area contributed by atoms with Crippen LogP contribution in [-0.4, -0.2) is 24.8 Å². The van der Waals surface area contributed by atoms with E-state index in [4.69, 9.17) is 4.74 Å². The van der Waals surface area contributed by atoms with Crippen molar-refractivity contribution in [3.05, 3.63) is 0 Å². The van der Waals surface area contributed by atoms with Crippen LogP contribution in [0.3, 0.4) is 0 Å². The number of rotatable bonds is 5. The first-order valence-corrected chi connectivity index (χ1v) is 7.13. The van der Waals surface area contributed by atoms with Gasteiger partial charge in [-0.1, -0.05) is 13.8 Å². The Bertz CT molecular complexity index is 217. The van der Waals surface area contributed by atoms with Crippen molar-refractivity contribution < 1.29 is 4.74 Å². The first-order chi connectivity index (χ1) is 7.82. The van der Waals surface area contributed by atoms with Crippen LogP contribution >= 0.6 is 0 Å². The first kappa shape index (κ1) is 15.0. The van der Waals surface area contributed by atoms with Crippen LogP contribution in [0.5, 0.6) is 0 Å². The molecule has 0 heterocycles. The van der Waals surface area contributed by atoms with Gasteiger partial charge in [0.15, 0.2) is 0 Å². The molecular weight excluding hydrogens is 210 g/mol. The summed E-state index contributed by atoms with van der Waals surface area (Å²) in [4.78, 5) is 0. The molecule has 0 amide bonds. The molecule has 0 radical (unpaired) electrons. The van der Waals surface area contributed by atoms with Crippen molar-refractivity contribution in [1.82, 2.24) is 5.32 Å². The van der Waals surface area contributed by atoms with E-state index in [-0.39, 0.29) is 5.60 Å². The molecule has 1 aliphatic carbocycles. The van der Waals surface area contributed by atoms with Crippen LogP contribution in [0.4, 0.5) is 0 Å². The Kier molecular flexibility index (Phi) is 5.46. The molecule has 2 nitrogen and oxygen atoms in total. The molecule has 1 N–H and O–H groups in total. The SMILES string of the molecule is COC(C)(C)CC(C)NC1CC(C)CC(C)C1. The van der Waals surface area contributed by atoms with Gasteiger partial charge >= 0.3 is 0 Å². The van der Waals surface area contributed by atoms with E-state index >= 15 is 0 Å². The molecule has 1 fully saturated rings. The molecule has 102 valence electrons. The highest BCUT2D eigenvalue weighted by Gasteiger charge is 2.26. The molecule has 3 atom stereocenters. The maximum Gasteiger partial charge on any atom is 0.0637 e. The second kappa shape index (κ2) is 6.19. The fraction of sp³-hybridized carbons (Fsp3) is 1.00. The second-order valence-corrected chi connectivity index (χ2v) is 6.85. The maximum absolute atomic E-state index is 5.50. The van der Waals surface area contributed by atoms with Gasteiger partial charge in [0.25, 0.3) is 0 Å². The van der Waals surface area contributed by atoms with Crippen molar-refractivity contribution in [3.63, 3.8) is 0 Å². The average molecular weight is 241 g/mol. The zero-order valence-corrected chi connectivity index (χ0v) is 12.5. The first-order valence-electron chi connectivity index (χ1n) is 7.13. The lowest BCUT2D eigenvalue weighted by Crippen LogP contribution is -2.44. The van der Waals surface area contributed by atoms with Gasteiger partial charge < -0.3 is 10.1 Å². The molecule has 1 saturated carbocycles. The fourth-order valence-corrected chi connectivity index (χ4v) is 3.37. The zero-order chi connectivity index (χ0) is 13.1. The Morgan fingerprint density at radius 1 is 1.18 bits per heavy atom. The van der Waals surface area contributed by atoms with E-state index < -0.39 is 0 Å². The van der Waals surface area contributed by atoms with Crippen molar-refractivity contribution in [2.45, 2.75) is 78.0 Å². The molecule has 0 bridgehead atoms. The highest BCUT2D eigenvalue weighted by atomic mass is 16.5. The number of nitrogens with one attached hydrogen (secondary N) is 1. The molecule has 1 aliphatic rings. The van der Waals surface area contributed by atoms with Gasteiger partial charge in [0.2, 0.25) is 0 Å². The summed E-state index contributed by atoms with van der Waals surface area (Å²) in [5.41, 5.74) is -0.0156. The average Bonchev–Trinajstić information content (AvgIpc) is 2.14. The van der Waals surface area contributed by atoms with Gasteiger partial charge in [-0.2, -0.15) is 0 Å². The third-order valence-corrected chi connectivity index (χ3v) is 4.05. The smallest absolute Gasteiger partial charge is 0.0637 e. The predicted octanol–water partition coefficient (Wildman–Crippen LogP) is 3.60. The third-order valence-electron chi connectivity index (χ3n) is 4.05. The van der Waals surface area contributed by atoms with Crippen molar-refractivity contribution in [1.29, 1.82) is 0 Å². The maximum atomic E-state index is 5.50. The predicted molar refractivity (Wildman–Crippen MR) is 74.3 cm³/mol. The summed E-state index contributed by atoms with van der Waals surface area (Å²) in [5, 5.41) is 3.79. The van der Waals surface area contributed by atoms with Crippen LogP contribution in [0.1, 0.15) is 60.3 Å². The molecule has 0 aliphatic heterocycles. The standard InChI is InChI=1S/C15H31NO/c1-11-7-12(2)9-14(8-11)16-13(3)10-15(4,5)17-6/h11-14,16H,7-10H2,1-6H3. The summed E-state index contributed by atoms with van der Waals surface area (Å²) in [6, 6.07) is 1.24. The molecular formula is C15H31NO. The Balaban J connectivity index is 2.37.